The standard InChI is InChI=1S/C27H27N3O3/c1-18-8-6-13-24(19(18)2)30-17-22(15-25(30)31)26(32)28-16-20-9-7-10-21(14-20)27(33)29-23-11-4-3-5-12-23/h3-14,22H,15-17H2,1-2H3,(H,28,32)(H,29,33). The molecule has 1 fully saturated rings. The van der Waals surface area contributed by atoms with E-state index in [4.69, 9.17) is 0 Å². The lowest BCUT2D eigenvalue weighted by Crippen LogP contribution is -2.32. The van der Waals surface area contributed by atoms with Gasteiger partial charge >= 0.3 is 0 Å². The molecule has 168 valence electrons. The van der Waals surface area contributed by atoms with Gasteiger partial charge < -0.3 is 15.5 Å². The van der Waals surface area contributed by atoms with E-state index in [2.05, 4.69) is 10.6 Å². The highest BCUT2D eigenvalue weighted by atomic mass is 16.2. The predicted octanol–water partition coefficient (Wildman–Crippen LogP) is 4.23. The minimum atomic E-state index is -0.401. The van der Waals surface area contributed by atoms with Crippen LogP contribution >= 0.6 is 0 Å². The third kappa shape index (κ3) is 5.12. The fourth-order valence-corrected chi connectivity index (χ4v) is 4.02. The molecular weight excluding hydrogens is 414 g/mol. The lowest BCUT2D eigenvalue weighted by atomic mass is 10.1. The van der Waals surface area contributed by atoms with Gasteiger partial charge in [0.25, 0.3) is 5.91 Å². The molecule has 3 aromatic rings. The van der Waals surface area contributed by atoms with E-state index in [1.807, 2.05) is 68.4 Å². The van der Waals surface area contributed by atoms with Gasteiger partial charge in [-0.2, -0.15) is 0 Å². The second-order valence-electron chi connectivity index (χ2n) is 8.36. The molecule has 3 aromatic carbocycles. The smallest absolute Gasteiger partial charge is 0.255 e. The second kappa shape index (κ2) is 9.69. The SMILES string of the molecule is Cc1cccc(N2CC(C(=O)NCc3cccc(C(=O)Nc4ccccc4)c3)CC2=O)c1C. The van der Waals surface area contributed by atoms with E-state index in [1.54, 1.807) is 23.1 Å². The Bertz CT molecular complexity index is 1190. The lowest BCUT2D eigenvalue weighted by Gasteiger charge is -2.20. The van der Waals surface area contributed by atoms with Gasteiger partial charge in [-0.15, -0.1) is 0 Å². The Morgan fingerprint density at radius 2 is 1.73 bits per heavy atom. The zero-order valence-electron chi connectivity index (χ0n) is 18.8. The van der Waals surface area contributed by atoms with Gasteiger partial charge in [0.1, 0.15) is 0 Å². The van der Waals surface area contributed by atoms with Crippen LogP contribution in [-0.4, -0.2) is 24.3 Å². The molecule has 1 atom stereocenters. The number of carbonyl (C=O) groups excluding carboxylic acids is 3. The van der Waals surface area contributed by atoms with Crippen LogP contribution in [0.4, 0.5) is 11.4 Å². The molecule has 2 N–H and O–H groups in total. The number of aryl methyl sites for hydroxylation is 1. The summed E-state index contributed by atoms with van der Waals surface area (Å²) in [5, 5.41) is 5.79. The summed E-state index contributed by atoms with van der Waals surface area (Å²) < 4.78 is 0. The molecular formula is C27H27N3O3. The highest BCUT2D eigenvalue weighted by Crippen LogP contribution is 2.29. The van der Waals surface area contributed by atoms with Gasteiger partial charge in [-0.1, -0.05) is 42.5 Å². The maximum absolute atomic E-state index is 12.8. The van der Waals surface area contributed by atoms with Crippen LogP contribution in [0.3, 0.4) is 0 Å². The third-order valence-electron chi connectivity index (χ3n) is 6.05. The molecule has 6 nitrogen and oxygen atoms in total. The van der Waals surface area contributed by atoms with Crippen LogP contribution in [-0.2, 0) is 16.1 Å². The van der Waals surface area contributed by atoms with E-state index in [-0.39, 0.29) is 24.1 Å². The fourth-order valence-electron chi connectivity index (χ4n) is 4.02. The van der Waals surface area contributed by atoms with Crippen molar-refractivity contribution >= 4 is 29.1 Å². The second-order valence-corrected chi connectivity index (χ2v) is 8.36. The summed E-state index contributed by atoms with van der Waals surface area (Å²) in [6.07, 6.45) is 0.193. The highest BCUT2D eigenvalue weighted by Gasteiger charge is 2.35. The fraction of sp³-hybridized carbons (Fsp3) is 0.222. The van der Waals surface area contributed by atoms with Gasteiger partial charge in [0.15, 0.2) is 0 Å². The molecule has 33 heavy (non-hydrogen) atoms. The summed E-state index contributed by atoms with van der Waals surface area (Å²) in [5.41, 5.74) is 5.09. The quantitative estimate of drug-likeness (QED) is 0.601. The van der Waals surface area contributed by atoms with E-state index >= 15 is 0 Å². The number of hydrogen-bond donors (Lipinski definition) is 2. The molecule has 0 aromatic heterocycles. The number of rotatable bonds is 6. The minimum Gasteiger partial charge on any atom is -0.352 e. The van der Waals surface area contributed by atoms with E-state index in [0.717, 1.165) is 28.1 Å². The van der Waals surface area contributed by atoms with Crippen molar-refractivity contribution in [3.05, 3.63) is 95.1 Å². The summed E-state index contributed by atoms with van der Waals surface area (Å²) in [7, 11) is 0. The predicted molar refractivity (Wildman–Crippen MR) is 129 cm³/mol. The average Bonchev–Trinajstić information content (AvgIpc) is 3.21. The molecule has 6 heteroatoms. The monoisotopic (exact) mass is 441 g/mol. The van der Waals surface area contributed by atoms with Crippen LogP contribution in [0.15, 0.2) is 72.8 Å². The molecule has 0 spiro atoms. The summed E-state index contributed by atoms with van der Waals surface area (Å²) in [4.78, 5) is 39.6. The molecule has 1 heterocycles. The first-order valence-corrected chi connectivity index (χ1v) is 11.0. The number of nitrogens with one attached hydrogen (secondary N) is 2. The summed E-state index contributed by atoms with van der Waals surface area (Å²) in [5.74, 6) is -0.805. The summed E-state index contributed by atoms with van der Waals surface area (Å²) in [6, 6.07) is 22.3. The molecule has 0 bridgehead atoms. The zero-order chi connectivity index (χ0) is 23.4. The first-order valence-electron chi connectivity index (χ1n) is 11.0. The van der Waals surface area contributed by atoms with Gasteiger partial charge in [-0.3, -0.25) is 14.4 Å². The number of nitrogens with zero attached hydrogens (tertiary/aromatic N) is 1. The van der Waals surface area contributed by atoms with E-state index in [0.29, 0.717) is 18.7 Å². The van der Waals surface area contributed by atoms with Crippen molar-refractivity contribution in [3.63, 3.8) is 0 Å². The van der Waals surface area contributed by atoms with Gasteiger partial charge in [0.05, 0.1) is 5.92 Å². The third-order valence-corrected chi connectivity index (χ3v) is 6.05. The largest absolute Gasteiger partial charge is 0.352 e. The molecule has 1 saturated heterocycles. The van der Waals surface area contributed by atoms with Crippen molar-refractivity contribution in [2.45, 2.75) is 26.8 Å². The van der Waals surface area contributed by atoms with E-state index in [9.17, 15) is 14.4 Å². The van der Waals surface area contributed by atoms with Gasteiger partial charge in [-0.05, 0) is 60.9 Å². The van der Waals surface area contributed by atoms with Gasteiger partial charge in [0, 0.05) is 36.4 Å². The van der Waals surface area contributed by atoms with Crippen LogP contribution in [0.1, 0.15) is 33.5 Å². The van der Waals surface area contributed by atoms with Crippen molar-refractivity contribution in [1.29, 1.82) is 0 Å². The maximum atomic E-state index is 12.8. The molecule has 3 amide bonds. The number of para-hydroxylation sites is 1. The Balaban J connectivity index is 1.36. The Hall–Kier alpha value is -3.93. The van der Waals surface area contributed by atoms with Crippen molar-refractivity contribution in [2.24, 2.45) is 5.92 Å². The van der Waals surface area contributed by atoms with Crippen LogP contribution in [0.5, 0.6) is 0 Å². The van der Waals surface area contributed by atoms with Crippen LogP contribution in [0.2, 0.25) is 0 Å². The first-order chi connectivity index (χ1) is 15.9. The first kappa shape index (κ1) is 22.3. The number of hydrogen-bond acceptors (Lipinski definition) is 3. The Morgan fingerprint density at radius 3 is 2.52 bits per heavy atom. The van der Waals surface area contributed by atoms with Crippen LogP contribution < -0.4 is 15.5 Å². The molecule has 1 aliphatic rings. The van der Waals surface area contributed by atoms with Gasteiger partial charge in [-0.25, -0.2) is 0 Å². The van der Waals surface area contributed by atoms with Crippen molar-refractivity contribution in [3.8, 4) is 0 Å². The zero-order valence-corrected chi connectivity index (χ0v) is 18.8. The van der Waals surface area contributed by atoms with Crippen molar-refractivity contribution in [2.75, 3.05) is 16.8 Å². The number of amides is 3. The Kier molecular flexibility index (Phi) is 6.54. The maximum Gasteiger partial charge on any atom is 0.255 e. The summed E-state index contributed by atoms with van der Waals surface area (Å²) in [6.45, 7) is 4.66. The summed E-state index contributed by atoms with van der Waals surface area (Å²) >= 11 is 0. The molecule has 1 aliphatic heterocycles. The average molecular weight is 442 g/mol. The van der Waals surface area contributed by atoms with Crippen LogP contribution in [0.25, 0.3) is 0 Å². The Morgan fingerprint density at radius 1 is 0.970 bits per heavy atom. The van der Waals surface area contributed by atoms with Crippen molar-refractivity contribution < 1.29 is 14.4 Å². The molecule has 1 unspecified atom stereocenters. The number of carbonyl (C=O) groups is 3. The topological polar surface area (TPSA) is 78.5 Å². The lowest BCUT2D eigenvalue weighted by molar-refractivity contribution is -0.126. The number of anilines is 2. The molecule has 0 radical (unpaired) electrons. The van der Waals surface area contributed by atoms with Crippen molar-refractivity contribution in [1.82, 2.24) is 5.32 Å². The highest BCUT2D eigenvalue weighted by molar-refractivity contribution is 6.04. The van der Waals surface area contributed by atoms with E-state index < -0.39 is 5.92 Å². The molecule has 4 rings (SSSR count). The Labute approximate surface area is 193 Å². The minimum absolute atomic E-state index is 0.0385. The number of benzene rings is 3. The molecule has 0 saturated carbocycles. The van der Waals surface area contributed by atoms with Gasteiger partial charge in [0.2, 0.25) is 11.8 Å². The molecule has 0 aliphatic carbocycles. The van der Waals surface area contributed by atoms with E-state index in [1.165, 1.54) is 0 Å². The normalized spacial score (nSPS) is 15.4. The van der Waals surface area contributed by atoms with Crippen LogP contribution in [0, 0.1) is 19.8 Å².